The standard InChI is InChI=1S/C10H11F2N3O3/c1-5(4-8(13)16)14-10-7(15(17)18)3-2-6(11)9(10)12/h2-3,5,14H,4H2,1H3,(H2,13,16). The van der Waals surface area contributed by atoms with E-state index in [1.165, 1.54) is 6.92 Å². The second-order valence-electron chi connectivity index (χ2n) is 3.73. The lowest BCUT2D eigenvalue weighted by Gasteiger charge is -2.14. The van der Waals surface area contributed by atoms with Crippen molar-refractivity contribution < 1.29 is 18.5 Å². The van der Waals surface area contributed by atoms with E-state index in [0.717, 1.165) is 6.07 Å². The topological polar surface area (TPSA) is 98.3 Å². The van der Waals surface area contributed by atoms with Crippen LogP contribution in [0.2, 0.25) is 0 Å². The predicted octanol–water partition coefficient (Wildman–Crippen LogP) is 1.55. The Morgan fingerprint density at radius 3 is 2.67 bits per heavy atom. The number of halogens is 2. The van der Waals surface area contributed by atoms with Gasteiger partial charge in [0, 0.05) is 18.5 Å². The van der Waals surface area contributed by atoms with Gasteiger partial charge in [-0.2, -0.15) is 0 Å². The number of primary amides is 1. The van der Waals surface area contributed by atoms with E-state index in [4.69, 9.17) is 5.73 Å². The Morgan fingerprint density at radius 2 is 2.17 bits per heavy atom. The molecule has 0 spiro atoms. The molecule has 6 nitrogen and oxygen atoms in total. The molecule has 98 valence electrons. The minimum absolute atomic E-state index is 0.160. The van der Waals surface area contributed by atoms with Crippen molar-refractivity contribution in [3.05, 3.63) is 33.9 Å². The molecule has 1 unspecified atom stereocenters. The third-order valence-electron chi connectivity index (χ3n) is 2.17. The van der Waals surface area contributed by atoms with E-state index in [0.29, 0.717) is 6.07 Å². The van der Waals surface area contributed by atoms with Crippen molar-refractivity contribution in [3.63, 3.8) is 0 Å². The molecule has 1 aromatic rings. The average Bonchev–Trinajstić information content (AvgIpc) is 2.23. The van der Waals surface area contributed by atoms with Crippen molar-refractivity contribution in [2.45, 2.75) is 19.4 Å². The quantitative estimate of drug-likeness (QED) is 0.619. The smallest absolute Gasteiger partial charge is 0.295 e. The number of anilines is 1. The van der Waals surface area contributed by atoms with Crippen LogP contribution in [0.4, 0.5) is 20.2 Å². The van der Waals surface area contributed by atoms with Crippen LogP contribution in [0.1, 0.15) is 13.3 Å². The number of amides is 1. The largest absolute Gasteiger partial charge is 0.374 e. The molecular formula is C10H11F2N3O3. The molecule has 0 aliphatic heterocycles. The Hall–Kier alpha value is -2.25. The molecule has 0 saturated heterocycles. The van der Waals surface area contributed by atoms with Crippen LogP contribution in [0, 0.1) is 21.7 Å². The fourth-order valence-electron chi connectivity index (χ4n) is 1.43. The van der Waals surface area contributed by atoms with Gasteiger partial charge in [0.1, 0.15) is 0 Å². The molecule has 0 aliphatic carbocycles. The molecule has 0 aliphatic rings. The molecule has 0 heterocycles. The monoisotopic (exact) mass is 259 g/mol. The van der Waals surface area contributed by atoms with E-state index in [1.54, 1.807) is 0 Å². The molecule has 1 rings (SSSR count). The summed E-state index contributed by atoms with van der Waals surface area (Å²) in [5, 5.41) is 13.0. The summed E-state index contributed by atoms with van der Waals surface area (Å²) in [6.07, 6.45) is -0.160. The van der Waals surface area contributed by atoms with Gasteiger partial charge >= 0.3 is 0 Å². The van der Waals surface area contributed by atoms with Crippen LogP contribution < -0.4 is 11.1 Å². The van der Waals surface area contributed by atoms with Crippen molar-refractivity contribution in [3.8, 4) is 0 Å². The van der Waals surface area contributed by atoms with Gasteiger partial charge in [-0.25, -0.2) is 8.78 Å². The number of carbonyl (C=O) groups excluding carboxylic acids is 1. The lowest BCUT2D eigenvalue weighted by molar-refractivity contribution is -0.384. The Bertz CT molecular complexity index is 494. The van der Waals surface area contributed by atoms with Crippen molar-refractivity contribution in [1.29, 1.82) is 0 Å². The number of nitrogens with zero attached hydrogens (tertiary/aromatic N) is 1. The third kappa shape index (κ3) is 3.12. The van der Waals surface area contributed by atoms with Crippen LogP contribution in [0.25, 0.3) is 0 Å². The van der Waals surface area contributed by atoms with Gasteiger partial charge in [0.2, 0.25) is 5.91 Å². The van der Waals surface area contributed by atoms with E-state index in [9.17, 15) is 23.7 Å². The van der Waals surface area contributed by atoms with Crippen LogP contribution in [0.3, 0.4) is 0 Å². The van der Waals surface area contributed by atoms with Gasteiger partial charge in [0.05, 0.1) is 4.92 Å². The zero-order chi connectivity index (χ0) is 13.9. The summed E-state index contributed by atoms with van der Waals surface area (Å²) in [5.41, 5.74) is 3.74. The summed E-state index contributed by atoms with van der Waals surface area (Å²) >= 11 is 0. The Labute approximate surface area is 101 Å². The first-order valence-corrected chi connectivity index (χ1v) is 5.00. The first-order chi connectivity index (χ1) is 8.32. The summed E-state index contributed by atoms with van der Waals surface area (Å²) in [4.78, 5) is 20.5. The molecular weight excluding hydrogens is 248 g/mol. The molecule has 0 bridgehead atoms. The van der Waals surface area contributed by atoms with E-state index < -0.39 is 39.9 Å². The van der Waals surface area contributed by atoms with E-state index >= 15 is 0 Å². The van der Waals surface area contributed by atoms with E-state index in [1.807, 2.05) is 0 Å². The van der Waals surface area contributed by atoms with Crippen LogP contribution in [-0.4, -0.2) is 16.9 Å². The fraction of sp³-hybridized carbons (Fsp3) is 0.300. The summed E-state index contributed by atoms with van der Waals surface area (Å²) < 4.78 is 26.5. The molecule has 0 aromatic heterocycles. The highest BCUT2D eigenvalue weighted by molar-refractivity contribution is 5.75. The van der Waals surface area contributed by atoms with Gasteiger partial charge in [0.15, 0.2) is 17.3 Å². The summed E-state index contributed by atoms with van der Waals surface area (Å²) in [6.45, 7) is 1.47. The molecule has 1 amide bonds. The maximum Gasteiger partial charge on any atom is 0.295 e. The first-order valence-electron chi connectivity index (χ1n) is 5.00. The number of nitrogens with one attached hydrogen (secondary N) is 1. The van der Waals surface area contributed by atoms with Gasteiger partial charge < -0.3 is 11.1 Å². The van der Waals surface area contributed by atoms with Crippen molar-refractivity contribution in [2.24, 2.45) is 5.73 Å². The number of nitro benzene ring substituents is 1. The number of benzene rings is 1. The van der Waals surface area contributed by atoms with Crippen LogP contribution in [-0.2, 0) is 4.79 Å². The van der Waals surface area contributed by atoms with Gasteiger partial charge in [-0.1, -0.05) is 0 Å². The SMILES string of the molecule is CC(CC(N)=O)Nc1c([N+](=O)[O-])ccc(F)c1F. The maximum absolute atomic E-state index is 13.5. The van der Waals surface area contributed by atoms with E-state index in [-0.39, 0.29) is 6.42 Å². The number of nitrogens with two attached hydrogens (primary N) is 1. The highest BCUT2D eigenvalue weighted by atomic mass is 19.2. The van der Waals surface area contributed by atoms with E-state index in [2.05, 4.69) is 5.32 Å². The molecule has 0 radical (unpaired) electrons. The highest BCUT2D eigenvalue weighted by Crippen LogP contribution is 2.29. The Balaban J connectivity index is 3.09. The summed E-state index contributed by atoms with van der Waals surface area (Å²) in [6, 6.07) is 0.854. The molecule has 1 atom stereocenters. The number of carbonyl (C=O) groups is 1. The number of hydrogen-bond donors (Lipinski definition) is 2. The Morgan fingerprint density at radius 1 is 1.56 bits per heavy atom. The highest BCUT2D eigenvalue weighted by Gasteiger charge is 2.23. The minimum atomic E-state index is -1.36. The molecule has 18 heavy (non-hydrogen) atoms. The van der Waals surface area contributed by atoms with Crippen LogP contribution >= 0.6 is 0 Å². The second-order valence-corrected chi connectivity index (χ2v) is 3.73. The zero-order valence-corrected chi connectivity index (χ0v) is 9.44. The number of rotatable bonds is 5. The Kier molecular flexibility index (Phi) is 4.13. The molecule has 1 aromatic carbocycles. The summed E-state index contributed by atoms with van der Waals surface area (Å²) in [7, 11) is 0. The van der Waals surface area contributed by atoms with Crippen molar-refractivity contribution in [1.82, 2.24) is 0 Å². The third-order valence-corrected chi connectivity index (χ3v) is 2.17. The van der Waals surface area contributed by atoms with Gasteiger partial charge in [-0.05, 0) is 13.0 Å². The van der Waals surface area contributed by atoms with Crippen LogP contribution in [0.15, 0.2) is 12.1 Å². The van der Waals surface area contributed by atoms with Gasteiger partial charge in [-0.3, -0.25) is 14.9 Å². The van der Waals surface area contributed by atoms with Gasteiger partial charge in [-0.15, -0.1) is 0 Å². The average molecular weight is 259 g/mol. The molecule has 0 saturated carbocycles. The second kappa shape index (κ2) is 5.39. The molecule has 0 fully saturated rings. The fourth-order valence-corrected chi connectivity index (χ4v) is 1.43. The zero-order valence-electron chi connectivity index (χ0n) is 9.44. The van der Waals surface area contributed by atoms with Crippen molar-refractivity contribution in [2.75, 3.05) is 5.32 Å². The van der Waals surface area contributed by atoms with Crippen LogP contribution in [0.5, 0.6) is 0 Å². The first kappa shape index (κ1) is 13.8. The lowest BCUT2D eigenvalue weighted by Crippen LogP contribution is -2.25. The normalized spacial score (nSPS) is 11.9. The molecule has 3 N–H and O–H groups in total. The van der Waals surface area contributed by atoms with Crippen molar-refractivity contribution >= 4 is 17.3 Å². The molecule has 8 heteroatoms. The number of nitro groups is 1. The van der Waals surface area contributed by atoms with Gasteiger partial charge in [0.25, 0.3) is 5.69 Å². The maximum atomic E-state index is 13.5. The number of hydrogen-bond acceptors (Lipinski definition) is 4. The minimum Gasteiger partial charge on any atom is -0.374 e. The lowest BCUT2D eigenvalue weighted by atomic mass is 10.2. The predicted molar refractivity (Wildman–Crippen MR) is 59.9 cm³/mol. The summed E-state index contributed by atoms with van der Waals surface area (Å²) in [5.74, 6) is -3.23.